The van der Waals surface area contributed by atoms with Gasteiger partial charge in [0, 0.05) is 24.7 Å². The number of H-pyrrole nitrogens is 1. The van der Waals surface area contributed by atoms with E-state index in [1.54, 1.807) is 42.5 Å². The highest BCUT2D eigenvalue weighted by atomic mass is 16.5. The van der Waals surface area contributed by atoms with Crippen LogP contribution < -0.4 is 26.0 Å². The van der Waals surface area contributed by atoms with Crippen molar-refractivity contribution < 1.29 is 14.3 Å². The van der Waals surface area contributed by atoms with Crippen LogP contribution in [0.25, 0.3) is 10.9 Å². The number of aromatic amines is 1. The molecule has 0 spiro atoms. The van der Waals surface area contributed by atoms with Gasteiger partial charge in [-0.05, 0) is 30.7 Å². The Morgan fingerprint density at radius 2 is 1.82 bits per heavy atom. The number of rotatable bonds is 7. The van der Waals surface area contributed by atoms with Crippen molar-refractivity contribution in [1.82, 2.24) is 9.55 Å². The van der Waals surface area contributed by atoms with Gasteiger partial charge in [-0.2, -0.15) is 0 Å². The molecule has 0 saturated heterocycles. The molecule has 0 aliphatic heterocycles. The molecule has 1 amide bonds. The molecule has 146 valence electrons. The maximum Gasteiger partial charge on any atom is 0.328 e. The fourth-order valence-corrected chi connectivity index (χ4v) is 2.94. The van der Waals surface area contributed by atoms with Crippen LogP contribution in [0.2, 0.25) is 0 Å². The molecule has 0 bridgehead atoms. The first-order chi connectivity index (χ1) is 13.5. The Balaban J connectivity index is 1.64. The molecule has 0 aliphatic rings. The summed E-state index contributed by atoms with van der Waals surface area (Å²) in [6.07, 6.45) is 0.507. The molecule has 8 nitrogen and oxygen atoms in total. The van der Waals surface area contributed by atoms with Crippen LogP contribution in [0, 0.1) is 0 Å². The fourth-order valence-electron chi connectivity index (χ4n) is 2.94. The third-order valence-electron chi connectivity index (χ3n) is 4.34. The van der Waals surface area contributed by atoms with E-state index < -0.39 is 5.69 Å². The largest absolute Gasteiger partial charge is 0.493 e. The van der Waals surface area contributed by atoms with Gasteiger partial charge in [0.1, 0.15) is 0 Å². The summed E-state index contributed by atoms with van der Waals surface area (Å²) in [5.74, 6) is 0.849. The summed E-state index contributed by atoms with van der Waals surface area (Å²) < 4.78 is 11.5. The molecule has 0 atom stereocenters. The Morgan fingerprint density at radius 1 is 1.07 bits per heavy atom. The summed E-state index contributed by atoms with van der Waals surface area (Å²) in [5, 5.41) is 3.21. The van der Waals surface area contributed by atoms with Crippen molar-refractivity contribution in [1.29, 1.82) is 0 Å². The number of nitrogens with one attached hydrogen (secondary N) is 2. The Kier molecular flexibility index (Phi) is 5.78. The van der Waals surface area contributed by atoms with Gasteiger partial charge in [0.25, 0.3) is 5.56 Å². The van der Waals surface area contributed by atoms with Crippen LogP contribution in [-0.2, 0) is 11.3 Å². The number of hydrogen-bond donors (Lipinski definition) is 2. The number of amides is 1. The van der Waals surface area contributed by atoms with Crippen LogP contribution in [-0.4, -0.2) is 29.7 Å². The summed E-state index contributed by atoms with van der Waals surface area (Å²) >= 11 is 0. The van der Waals surface area contributed by atoms with E-state index in [2.05, 4.69) is 10.3 Å². The Labute approximate surface area is 160 Å². The summed E-state index contributed by atoms with van der Waals surface area (Å²) in [4.78, 5) is 39.5. The minimum atomic E-state index is -0.482. The predicted octanol–water partition coefficient (Wildman–Crippen LogP) is 2.13. The van der Waals surface area contributed by atoms with Crippen molar-refractivity contribution in [3.05, 3.63) is 63.3 Å². The van der Waals surface area contributed by atoms with Gasteiger partial charge in [0.2, 0.25) is 5.91 Å². The van der Waals surface area contributed by atoms with Crippen LogP contribution >= 0.6 is 0 Å². The number of methoxy groups -OCH3 is 2. The van der Waals surface area contributed by atoms with Gasteiger partial charge in [-0.15, -0.1) is 0 Å². The smallest absolute Gasteiger partial charge is 0.328 e. The van der Waals surface area contributed by atoms with E-state index >= 15 is 0 Å². The first kappa shape index (κ1) is 19.2. The first-order valence-electron chi connectivity index (χ1n) is 8.77. The summed E-state index contributed by atoms with van der Waals surface area (Å²) in [7, 11) is 3.05. The lowest BCUT2D eigenvalue weighted by atomic mass is 10.2. The number of fused-ring (bicyclic) bond motifs is 1. The number of hydrogen-bond acceptors (Lipinski definition) is 5. The Morgan fingerprint density at radius 3 is 2.57 bits per heavy atom. The molecule has 8 heteroatoms. The Bertz CT molecular complexity index is 1120. The number of benzene rings is 2. The minimum Gasteiger partial charge on any atom is -0.493 e. The summed E-state index contributed by atoms with van der Waals surface area (Å²) in [6.45, 7) is 0.151. The highest BCUT2D eigenvalue weighted by Gasteiger charge is 2.10. The van der Waals surface area contributed by atoms with E-state index in [1.807, 2.05) is 0 Å². The predicted molar refractivity (Wildman–Crippen MR) is 106 cm³/mol. The molecule has 0 fully saturated rings. The van der Waals surface area contributed by atoms with Crippen molar-refractivity contribution in [3.8, 4) is 11.5 Å². The molecule has 1 heterocycles. The van der Waals surface area contributed by atoms with Crippen molar-refractivity contribution in [2.24, 2.45) is 0 Å². The lowest BCUT2D eigenvalue weighted by molar-refractivity contribution is -0.116. The molecule has 0 aliphatic carbocycles. The van der Waals surface area contributed by atoms with Crippen molar-refractivity contribution in [3.63, 3.8) is 0 Å². The number of nitrogens with zero attached hydrogens (tertiary/aromatic N) is 1. The number of para-hydroxylation sites is 1. The average molecular weight is 383 g/mol. The molecule has 1 aromatic heterocycles. The van der Waals surface area contributed by atoms with E-state index in [0.29, 0.717) is 34.5 Å². The van der Waals surface area contributed by atoms with Crippen LogP contribution in [0.1, 0.15) is 12.8 Å². The van der Waals surface area contributed by atoms with E-state index in [0.717, 1.165) is 4.57 Å². The van der Waals surface area contributed by atoms with E-state index in [9.17, 15) is 14.4 Å². The third-order valence-corrected chi connectivity index (χ3v) is 4.34. The quantitative estimate of drug-likeness (QED) is 0.651. The minimum absolute atomic E-state index is 0.151. The van der Waals surface area contributed by atoms with Crippen LogP contribution in [0.5, 0.6) is 11.5 Å². The maximum absolute atomic E-state index is 12.5. The second-order valence-electron chi connectivity index (χ2n) is 6.15. The molecule has 0 radical (unpaired) electrons. The zero-order valence-electron chi connectivity index (χ0n) is 15.7. The van der Waals surface area contributed by atoms with Crippen LogP contribution in [0.3, 0.4) is 0 Å². The lowest BCUT2D eigenvalue weighted by Crippen LogP contribution is -2.35. The van der Waals surface area contributed by atoms with Crippen molar-refractivity contribution >= 4 is 22.5 Å². The SMILES string of the molecule is COc1ccc(NC(=O)CCCn2c(=O)[nH]c3ccccc3c2=O)cc1OC. The summed E-state index contributed by atoms with van der Waals surface area (Å²) in [5.41, 5.74) is 0.229. The van der Waals surface area contributed by atoms with Gasteiger partial charge in [0.05, 0.1) is 25.1 Å². The highest BCUT2D eigenvalue weighted by molar-refractivity contribution is 5.91. The van der Waals surface area contributed by atoms with Gasteiger partial charge in [-0.3, -0.25) is 14.2 Å². The number of aromatic nitrogens is 2. The highest BCUT2D eigenvalue weighted by Crippen LogP contribution is 2.29. The van der Waals surface area contributed by atoms with E-state index in [4.69, 9.17) is 9.47 Å². The van der Waals surface area contributed by atoms with Crippen molar-refractivity contribution in [2.45, 2.75) is 19.4 Å². The van der Waals surface area contributed by atoms with Gasteiger partial charge in [0.15, 0.2) is 11.5 Å². The molecule has 28 heavy (non-hydrogen) atoms. The fraction of sp³-hybridized carbons (Fsp3) is 0.250. The zero-order chi connectivity index (χ0) is 20.1. The molecule has 3 rings (SSSR count). The molecule has 2 aromatic carbocycles. The van der Waals surface area contributed by atoms with Crippen LogP contribution in [0.4, 0.5) is 5.69 Å². The normalized spacial score (nSPS) is 10.6. The molecular weight excluding hydrogens is 362 g/mol. The number of anilines is 1. The summed E-state index contributed by atoms with van der Waals surface area (Å²) in [6, 6.07) is 11.9. The second kappa shape index (κ2) is 8.43. The topological polar surface area (TPSA) is 102 Å². The number of carbonyl (C=O) groups is 1. The molecular formula is C20H21N3O5. The monoisotopic (exact) mass is 383 g/mol. The van der Waals surface area contributed by atoms with E-state index in [1.165, 1.54) is 14.2 Å². The van der Waals surface area contributed by atoms with Crippen molar-refractivity contribution in [2.75, 3.05) is 19.5 Å². The zero-order valence-corrected chi connectivity index (χ0v) is 15.7. The number of carbonyl (C=O) groups excluding carboxylic acids is 1. The average Bonchev–Trinajstić information content (AvgIpc) is 2.70. The van der Waals surface area contributed by atoms with Gasteiger partial charge in [-0.25, -0.2) is 4.79 Å². The van der Waals surface area contributed by atoms with Crippen LogP contribution in [0.15, 0.2) is 52.1 Å². The third kappa shape index (κ3) is 4.06. The van der Waals surface area contributed by atoms with E-state index in [-0.39, 0.29) is 24.4 Å². The second-order valence-corrected chi connectivity index (χ2v) is 6.15. The van der Waals surface area contributed by atoms with Gasteiger partial charge >= 0.3 is 5.69 Å². The first-order valence-corrected chi connectivity index (χ1v) is 8.77. The lowest BCUT2D eigenvalue weighted by Gasteiger charge is -2.11. The van der Waals surface area contributed by atoms with Gasteiger partial charge < -0.3 is 19.8 Å². The molecule has 2 N–H and O–H groups in total. The Hall–Kier alpha value is -3.55. The molecule has 0 saturated carbocycles. The maximum atomic E-state index is 12.5. The molecule has 3 aromatic rings. The number of ether oxygens (including phenoxy) is 2. The van der Waals surface area contributed by atoms with Gasteiger partial charge in [-0.1, -0.05) is 12.1 Å². The standard InChI is InChI=1S/C20H21N3O5/c1-27-16-10-9-13(12-17(16)28-2)21-18(24)8-5-11-23-19(25)14-6-3-4-7-15(14)22-20(23)26/h3-4,6-7,9-10,12H,5,8,11H2,1-2H3,(H,21,24)(H,22,26). The molecule has 0 unspecified atom stereocenters.